The van der Waals surface area contributed by atoms with E-state index in [1.165, 1.54) is 11.3 Å². The van der Waals surface area contributed by atoms with E-state index in [9.17, 15) is 9.59 Å². The van der Waals surface area contributed by atoms with Crippen LogP contribution < -0.4 is 10.6 Å². The molecule has 1 aliphatic rings. The molecule has 2 amide bonds. The molecular formula is C14H12N6O2S. The number of thiazole rings is 1. The van der Waals surface area contributed by atoms with Crippen LogP contribution >= 0.6 is 11.3 Å². The van der Waals surface area contributed by atoms with Crippen molar-refractivity contribution >= 4 is 44.4 Å². The van der Waals surface area contributed by atoms with Crippen molar-refractivity contribution in [1.29, 1.82) is 0 Å². The molecule has 0 atom stereocenters. The number of carbonyl (C=O) groups is 2. The van der Waals surface area contributed by atoms with Gasteiger partial charge in [0.2, 0.25) is 5.91 Å². The van der Waals surface area contributed by atoms with Crippen LogP contribution in [0, 0.1) is 5.92 Å². The molecule has 1 aliphatic carbocycles. The largest absolute Gasteiger partial charge is 0.302 e. The normalized spacial score (nSPS) is 13.9. The van der Waals surface area contributed by atoms with Gasteiger partial charge in [0, 0.05) is 12.1 Å². The van der Waals surface area contributed by atoms with E-state index in [0.717, 1.165) is 12.8 Å². The third kappa shape index (κ3) is 2.78. The van der Waals surface area contributed by atoms with Gasteiger partial charge in [0.25, 0.3) is 5.91 Å². The number of carbonyl (C=O) groups excluding carboxylic acids is 2. The lowest BCUT2D eigenvalue weighted by Gasteiger charge is -2.00. The summed E-state index contributed by atoms with van der Waals surface area (Å²) in [5.74, 6) is 0.128. The Hall–Kier alpha value is -2.81. The Balaban J connectivity index is 1.54. The van der Waals surface area contributed by atoms with Crippen molar-refractivity contribution in [3.63, 3.8) is 0 Å². The molecule has 0 aromatic carbocycles. The lowest BCUT2D eigenvalue weighted by molar-refractivity contribution is -0.117. The van der Waals surface area contributed by atoms with Crippen LogP contribution in [0.15, 0.2) is 24.4 Å². The van der Waals surface area contributed by atoms with Gasteiger partial charge in [0.1, 0.15) is 10.4 Å². The molecule has 0 spiro atoms. The molecule has 4 rings (SSSR count). The molecule has 1 fully saturated rings. The third-order valence-corrected chi connectivity index (χ3v) is 4.40. The smallest absolute Gasteiger partial charge is 0.275 e. The number of aromatic nitrogens is 4. The summed E-state index contributed by atoms with van der Waals surface area (Å²) in [7, 11) is 0. The maximum atomic E-state index is 12.1. The highest BCUT2D eigenvalue weighted by molar-refractivity contribution is 7.22. The Labute approximate surface area is 134 Å². The molecule has 3 heterocycles. The molecule has 8 nitrogen and oxygen atoms in total. The van der Waals surface area contributed by atoms with Gasteiger partial charge >= 0.3 is 0 Å². The molecule has 0 aliphatic heterocycles. The Bertz CT molecular complexity index is 883. The zero-order chi connectivity index (χ0) is 15.8. The van der Waals surface area contributed by atoms with Gasteiger partial charge in [-0.05, 0) is 25.0 Å². The van der Waals surface area contributed by atoms with Crippen LogP contribution in [0.5, 0.6) is 0 Å². The maximum absolute atomic E-state index is 12.1. The maximum Gasteiger partial charge on any atom is 0.275 e. The number of aromatic amines is 1. The topological polar surface area (TPSA) is 113 Å². The molecule has 1 saturated carbocycles. The second-order valence-corrected chi connectivity index (χ2v) is 6.20. The van der Waals surface area contributed by atoms with E-state index >= 15 is 0 Å². The predicted molar refractivity (Wildman–Crippen MR) is 85.3 cm³/mol. The first-order valence-corrected chi connectivity index (χ1v) is 7.90. The van der Waals surface area contributed by atoms with Crippen molar-refractivity contribution in [2.75, 3.05) is 10.6 Å². The number of hydrogen-bond donors (Lipinski definition) is 3. The second-order valence-electron chi connectivity index (χ2n) is 5.20. The van der Waals surface area contributed by atoms with Crippen LogP contribution in [-0.4, -0.2) is 32.0 Å². The van der Waals surface area contributed by atoms with Crippen LogP contribution in [0.25, 0.3) is 10.3 Å². The number of H-pyrrole nitrogens is 1. The van der Waals surface area contributed by atoms with Crippen molar-refractivity contribution in [2.45, 2.75) is 12.8 Å². The van der Waals surface area contributed by atoms with E-state index in [0.29, 0.717) is 27.0 Å². The Morgan fingerprint density at radius 2 is 2.13 bits per heavy atom. The first-order chi connectivity index (χ1) is 11.2. The lowest BCUT2D eigenvalue weighted by Crippen LogP contribution is -2.13. The highest BCUT2D eigenvalue weighted by atomic mass is 32.1. The van der Waals surface area contributed by atoms with Crippen LogP contribution in [0.3, 0.4) is 0 Å². The zero-order valence-electron chi connectivity index (χ0n) is 11.9. The van der Waals surface area contributed by atoms with Crippen molar-refractivity contribution in [2.24, 2.45) is 5.92 Å². The number of pyridine rings is 1. The van der Waals surface area contributed by atoms with Crippen molar-refractivity contribution in [1.82, 2.24) is 20.2 Å². The standard InChI is InChI=1S/C14H12N6O2S/c21-12(7-4-5-7)18-14-17-11-9(23-14)10(19-20-11)16-13(22)8-3-1-2-6-15-8/h1-3,6-7H,4-5H2,(H3,16,17,18,19,20,21,22). The van der Waals surface area contributed by atoms with Gasteiger partial charge in [0.05, 0.1) is 0 Å². The van der Waals surface area contributed by atoms with E-state index in [2.05, 4.69) is 30.8 Å². The van der Waals surface area contributed by atoms with E-state index < -0.39 is 0 Å². The number of nitrogens with one attached hydrogen (secondary N) is 3. The number of anilines is 2. The Kier molecular flexibility index (Phi) is 3.27. The molecule has 3 N–H and O–H groups in total. The minimum atomic E-state index is -0.351. The van der Waals surface area contributed by atoms with E-state index in [-0.39, 0.29) is 17.7 Å². The van der Waals surface area contributed by atoms with Crippen LogP contribution in [0.2, 0.25) is 0 Å². The summed E-state index contributed by atoms with van der Waals surface area (Å²) in [6.07, 6.45) is 3.41. The summed E-state index contributed by atoms with van der Waals surface area (Å²) in [6.45, 7) is 0. The molecule has 3 aromatic heterocycles. The highest BCUT2D eigenvalue weighted by Crippen LogP contribution is 2.33. The monoisotopic (exact) mass is 328 g/mol. The van der Waals surface area contributed by atoms with Crippen molar-refractivity contribution in [3.8, 4) is 0 Å². The van der Waals surface area contributed by atoms with Crippen LogP contribution in [-0.2, 0) is 4.79 Å². The SMILES string of the molecule is O=C(Nc1n[nH]c2nc(NC(=O)C3CC3)sc12)c1ccccn1. The van der Waals surface area contributed by atoms with Gasteiger partial charge in [-0.2, -0.15) is 5.10 Å². The molecule has 9 heteroatoms. The predicted octanol–water partition coefficient (Wildman–Crippen LogP) is 2.02. The summed E-state index contributed by atoms with van der Waals surface area (Å²) in [5.41, 5.74) is 0.827. The fraction of sp³-hybridized carbons (Fsp3) is 0.214. The number of rotatable bonds is 4. The molecule has 23 heavy (non-hydrogen) atoms. The minimum absolute atomic E-state index is 0.00608. The molecule has 0 radical (unpaired) electrons. The number of nitrogens with zero attached hydrogens (tertiary/aromatic N) is 3. The minimum Gasteiger partial charge on any atom is -0.302 e. The van der Waals surface area contributed by atoms with E-state index in [4.69, 9.17) is 0 Å². The molecule has 116 valence electrons. The van der Waals surface area contributed by atoms with Gasteiger partial charge in [-0.15, -0.1) is 0 Å². The molecule has 0 bridgehead atoms. The van der Waals surface area contributed by atoms with Gasteiger partial charge in [-0.25, -0.2) is 4.98 Å². The average molecular weight is 328 g/mol. The first kappa shape index (κ1) is 13.8. The molecule has 0 saturated heterocycles. The quantitative estimate of drug-likeness (QED) is 0.678. The summed E-state index contributed by atoms with van der Waals surface area (Å²) < 4.78 is 0.681. The van der Waals surface area contributed by atoms with Gasteiger partial charge in [-0.3, -0.25) is 19.7 Å². The molecule has 3 aromatic rings. The third-order valence-electron chi connectivity index (χ3n) is 3.42. The first-order valence-electron chi connectivity index (χ1n) is 7.09. The van der Waals surface area contributed by atoms with Crippen molar-refractivity contribution in [3.05, 3.63) is 30.1 Å². The van der Waals surface area contributed by atoms with Crippen molar-refractivity contribution < 1.29 is 9.59 Å². The summed E-state index contributed by atoms with van der Waals surface area (Å²) >= 11 is 1.27. The van der Waals surface area contributed by atoms with Crippen LogP contribution in [0.4, 0.5) is 10.9 Å². The summed E-state index contributed by atoms with van der Waals surface area (Å²) in [4.78, 5) is 32.2. The molecular weight excluding hydrogens is 316 g/mol. The second kappa shape index (κ2) is 5.43. The number of hydrogen-bond acceptors (Lipinski definition) is 6. The zero-order valence-corrected chi connectivity index (χ0v) is 12.7. The van der Waals surface area contributed by atoms with Gasteiger partial charge in [-0.1, -0.05) is 17.4 Å². The fourth-order valence-electron chi connectivity index (χ4n) is 2.08. The summed E-state index contributed by atoms with van der Waals surface area (Å²) in [6, 6.07) is 5.09. The molecule has 0 unspecified atom stereocenters. The summed E-state index contributed by atoms with van der Waals surface area (Å²) in [5, 5.41) is 12.8. The Morgan fingerprint density at radius 1 is 1.26 bits per heavy atom. The highest BCUT2D eigenvalue weighted by Gasteiger charge is 2.30. The van der Waals surface area contributed by atoms with Crippen LogP contribution in [0.1, 0.15) is 23.3 Å². The Morgan fingerprint density at radius 3 is 2.87 bits per heavy atom. The van der Waals surface area contributed by atoms with Gasteiger partial charge < -0.3 is 10.6 Å². The lowest BCUT2D eigenvalue weighted by atomic mass is 10.3. The fourth-order valence-corrected chi connectivity index (χ4v) is 2.94. The number of fused-ring (bicyclic) bond motifs is 1. The van der Waals surface area contributed by atoms with E-state index in [1.807, 2.05) is 0 Å². The number of amides is 2. The van der Waals surface area contributed by atoms with Gasteiger partial charge in [0.15, 0.2) is 16.6 Å². The van der Waals surface area contributed by atoms with E-state index in [1.54, 1.807) is 24.4 Å². The average Bonchev–Trinajstić information content (AvgIpc) is 3.25.